The summed E-state index contributed by atoms with van der Waals surface area (Å²) in [5, 5.41) is 14.8. The van der Waals surface area contributed by atoms with Crippen molar-refractivity contribution in [3.05, 3.63) is 51.2 Å². The van der Waals surface area contributed by atoms with Gasteiger partial charge < -0.3 is 5.73 Å². The van der Waals surface area contributed by atoms with Crippen LogP contribution in [0.1, 0.15) is 24.2 Å². The maximum Gasteiger partial charge on any atom is 0.333 e. The van der Waals surface area contributed by atoms with Crippen LogP contribution in [0.4, 0.5) is 20.3 Å². The van der Waals surface area contributed by atoms with Crippen LogP contribution in [0.15, 0.2) is 18.2 Å². The van der Waals surface area contributed by atoms with E-state index in [-0.39, 0.29) is 22.8 Å². The lowest BCUT2D eigenvalue weighted by atomic mass is 10.1. The van der Waals surface area contributed by atoms with E-state index in [0.717, 1.165) is 18.2 Å². The van der Waals surface area contributed by atoms with Gasteiger partial charge in [0.05, 0.1) is 11.0 Å². The summed E-state index contributed by atoms with van der Waals surface area (Å²) < 4.78 is 27.6. The van der Waals surface area contributed by atoms with E-state index < -0.39 is 22.6 Å². The van der Waals surface area contributed by atoms with Gasteiger partial charge in [-0.15, -0.1) is 0 Å². The number of hydrogen-bond acceptors (Lipinski definition) is 4. The average molecular weight is 282 g/mol. The molecule has 0 saturated carbocycles. The minimum absolute atomic E-state index is 0.148. The smallest absolute Gasteiger partial charge is 0.333 e. The third kappa shape index (κ3) is 2.31. The van der Waals surface area contributed by atoms with Gasteiger partial charge in [-0.25, -0.2) is 13.5 Å². The molecule has 8 heteroatoms. The third-order valence-corrected chi connectivity index (χ3v) is 3.01. The Morgan fingerprint density at radius 3 is 2.35 bits per heavy atom. The summed E-state index contributed by atoms with van der Waals surface area (Å²) in [5.74, 6) is -1.61. The number of halogens is 2. The van der Waals surface area contributed by atoms with E-state index in [1.807, 2.05) is 0 Å². The Kier molecular flexibility index (Phi) is 3.39. The number of rotatable bonds is 3. The van der Waals surface area contributed by atoms with Crippen LogP contribution in [0.3, 0.4) is 0 Å². The van der Waals surface area contributed by atoms with Crippen LogP contribution in [0.5, 0.6) is 0 Å². The molecule has 2 aromatic rings. The van der Waals surface area contributed by atoms with Gasteiger partial charge in [0, 0.05) is 6.07 Å². The topological polar surface area (TPSA) is 87.0 Å². The summed E-state index contributed by atoms with van der Waals surface area (Å²) in [4.78, 5) is 10.2. The highest BCUT2D eigenvalue weighted by atomic mass is 19.1. The monoisotopic (exact) mass is 282 g/mol. The predicted octanol–water partition coefficient (Wildman–Crippen LogP) is 2.57. The molecule has 2 N–H and O–H groups in total. The molecule has 2 rings (SSSR count). The molecule has 1 unspecified atom stereocenters. The van der Waals surface area contributed by atoms with Crippen LogP contribution in [0.2, 0.25) is 0 Å². The molecule has 6 nitrogen and oxygen atoms in total. The van der Waals surface area contributed by atoms with E-state index >= 15 is 0 Å². The molecular weight excluding hydrogens is 270 g/mol. The van der Waals surface area contributed by atoms with Gasteiger partial charge in [0.25, 0.3) is 0 Å². The Morgan fingerprint density at radius 1 is 1.35 bits per heavy atom. The van der Waals surface area contributed by atoms with Crippen molar-refractivity contribution in [3.8, 4) is 0 Å². The third-order valence-electron chi connectivity index (χ3n) is 3.01. The second-order valence-electron chi connectivity index (χ2n) is 4.40. The van der Waals surface area contributed by atoms with Gasteiger partial charge in [0.15, 0.2) is 0 Å². The molecule has 1 atom stereocenters. The van der Waals surface area contributed by atoms with Gasteiger partial charge in [0.1, 0.15) is 17.3 Å². The summed E-state index contributed by atoms with van der Waals surface area (Å²) in [6.45, 7) is 3.05. The molecule has 1 heterocycles. The Balaban J connectivity index is 2.51. The first-order chi connectivity index (χ1) is 9.31. The molecule has 0 aliphatic heterocycles. The zero-order valence-electron chi connectivity index (χ0n) is 10.8. The Bertz CT molecular complexity index is 664. The van der Waals surface area contributed by atoms with Crippen molar-refractivity contribution in [3.63, 3.8) is 0 Å². The van der Waals surface area contributed by atoms with Gasteiger partial charge in [-0.1, -0.05) is 0 Å². The molecule has 20 heavy (non-hydrogen) atoms. The number of anilines is 1. The molecule has 1 aromatic heterocycles. The normalized spacial score (nSPS) is 12.4. The lowest BCUT2D eigenvalue weighted by molar-refractivity contribution is -0.384. The molecule has 1 aromatic carbocycles. The lowest BCUT2D eigenvalue weighted by Gasteiger charge is -2.14. The minimum Gasteiger partial charge on any atom is -0.378 e. The first-order valence-corrected chi connectivity index (χ1v) is 5.76. The van der Waals surface area contributed by atoms with Crippen LogP contribution in [0.25, 0.3) is 0 Å². The fourth-order valence-electron chi connectivity index (χ4n) is 2.04. The number of aryl methyl sites for hydroxylation is 1. The standard InChI is InChI=1S/C12H12F2N4O2/c1-6-11(18(19)20)12(15)17(16-6)7(2)8-3-9(13)5-10(14)4-8/h3-5,7H,15H2,1-2H3. The number of nitrogens with two attached hydrogens (primary N) is 1. The molecule has 0 spiro atoms. The zero-order chi connectivity index (χ0) is 15.0. The van der Waals surface area contributed by atoms with Crippen molar-refractivity contribution in [2.24, 2.45) is 0 Å². The quantitative estimate of drug-likeness (QED) is 0.692. The first-order valence-electron chi connectivity index (χ1n) is 5.76. The summed E-state index contributed by atoms with van der Waals surface area (Å²) in [7, 11) is 0. The highest BCUT2D eigenvalue weighted by Crippen LogP contribution is 2.30. The van der Waals surface area contributed by atoms with Crippen LogP contribution >= 0.6 is 0 Å². The number of aromatic nitrogens is 2. The largest absolute Gasteiger partial charge is 0.378 e. The van der Waals surface area contributed by atoms with Crippen LogP contribution in [0, 0.1) is 28.7 Å². The summed E-state index contributed by atoms with van der Waals surface area (Å²) in [5.41, 5.74) is 5.83. The Hall–Kier alpha value is -2.51. The highest BCUT2D eigenvalue weighted by Gasteiger charge is 2.26. The maximum atomic E-state index is 13.2. The maximum absolute atomic E-state index is 13.2. The molecule has 0 radical (unpaired) electrons. The van der Waals surface area contributed by atoms with E-state index in [1.165, 1.54) is 11.6 Å². The fourth-order valence-corrected chi connectivity index (χ4v) is 2.04. The van der Waals surface area contributed by atoms with Crippen molar-refractivity contribution in [1.29, 1.82) is 0 Å². The number of nitro groups is 1. The molecule has 0 aliphatic rings. The average Bonchev–Trinajstić information content (AvgIpc) is 2.62. The van der Waals surface area contributed by atoms with E-state index in [9.17, 15) is 18.9 Å². The Morgan fingerprint density at radius 2 is 1.90 bits per heavy atom. The molecule has 0 fully saturated rings. The van der Waals surface area contributed by atoms with E-state index in [1.54, 1.807) is 6.92 Å². The molecule has 106 valence electrons. The number of nitrogens with zero attached hydrogens (tertiary/aromatic N) is 3. The van der Waals surface area contributed by atoms with Crippen molar-refractivity contribution in [2.75, 3.05) is 5.73 Å². The summed E-state index contributed by atoms with van der Waals surface area (Å²) in [6.07, 6.45) is 0. The SMILES string of the molecule is Cc1nn(C(C)c2cc(F)cc(F)c2)c(N)c1[N+](=O)[O-]. The lowest BCUT2D eigenvalue weighted by Crippen LogP contribution is -2.12. The van der Waals surface area contributed by atoms with Crippen LogP contribution in [-0.2, 0) is 0 Å². The molecule has 0 saturated heterocycles. The van der Waals surface area contributed by atoms with E-state index in [4.69, 9.17) is 5.73 Å². The van der Waals surface area contributed by atoms with E-state index in [0.29, 0.717) is 0 Å². The second kappa shape index (κ2) is 4.87. The number of hydrogen-bond donors (Lipinski definition) is 1. The first kappa shape index (κ1) is 13.9. The molecule has 0 amide bonds. The van der Waals surface area contributed by atoms with Crippen molar-refractivity contribution < 1.29 is 13.7 Å². The number of nitrogen functional groups attached to an aromatic ring is 1. The highest BCUT2D eigenvalue weighted by molar-refractivity contribution is 5.56. The van der Waals surface area contributed by atoms with Gasteiger partial charge in [-0.3, -0.25) is 10.1 Å². The minimum atomic E-state index is -0.733. The Labute approximate surface area is 113 Å². The van der Waals surface area contributed by atoms with Gasteiger partial charge in [-0.2, -0.15) is 5.10 Å². The molecule has 0 bridgehead atoms. The van der Waals surface area contributed by atoms with Crippen molar-refractivity contribution in [2.45, 2.75) is 19.9 Å². The van der Waals surface area contributed by atoms with Gasteiger partial charge >= 0.3 is 5.69 Å². The summed E-state index contributed by atoms with van der Waals surface area (Å²) >= 11 is 0. The summed E-state index contributed by atoms with van der Waals surface area (Å²) in [6, 6.07) is 2.38. The molecular formula is C12H12F2N4O2. The second-order valence-corrected chi connectivity index (χ2v) is 4.40. The van der Waals surface area contributed by atoms with Gasteiger partial charge in [0.2, 0.25) is 5.82 Å². The van der Waals surface area contributed by atoms with Crippen molar-refractivity contribution in [1.82, 2.24) is 9.78 Å². The molecule has 0 aliphatic carbocycles. The van der Waals surface area contributed by atoms with Crippen LogP contribution in [-0.4, -0.2) is 14.7 Å². The predicted molar refractivity (Wildman–Crippen MR) is 68.2 cm³/mol. The zero-order valence-corrected chi connectivity index (χ0v) is 10.8. The van der Waals surface area contributed by atoms with Crippen LogP contribution < -0.4 is 5.73 Å². The fraction of sp³-hybridized carbons (Fsp3) is 0.250. The van der Waals surface area contributed by atoms with Gasteiger partial charge in [-0.05, 0) is 31.5 Å². The number of benzene rings is 1. The van der Waals surface area contributed by atoms with Crippen molar-refractivity contribution >= 4 is 11.5 Å². The van der Waals surface area contributed by atoms with E-state index in [2.05, 4.69) is 5.10 Å².